The molecule has 1 aromatic heterocycles. The molecule has 0 bridgehead atoms. The van der Waals surface area contributed by atoms with Crippen molar-refractivity contribution in [2.45, 2.75) is 26.7 Å². The second kappa shape index (κ2) is 7.34. The zero-order valence-electron chi connectivity index (χ0n) is 14.5. The molecule has 1 aromatic carbocycles. The minimum Gasteiger partial charge on any atom is -0.340 e. The Hall–Kier alpha value is -2.89. The number of carbonyl (C=O) groups is 2. The fourth-order valence-corrected chi connectivity index (χ4v) is 3.04. The number of anilines is 3. The summed E-state index contributed by atoms with van der Waals surface area (Å²) in [7, 11) is 0. The number of benzene rings is 1. The Bertz CT molecular complexity index is 766. The summed E-state index contributed by atoms with van der Waals surface area (Å²) in [6.07, 6.45) is 3.10. The van der Waals surface area contributed by atoms with E-state index in [1.807, 2.05) is 44.2 Å². The summed E-state index contributed by atoms with van der Waals surface area (Å²) in [5, 5.41) is 6.19. The number of likely N-dealkylation sites (tertiary alicyclic amines) is 1. The summed E-state index contributed by atoms with van der Waals surface area (Å²) in [6.45, 7) is 4.68. The maximum atomic E-state index is 12.3. The van der Waals surface area contributed by atoms with E-state index in [1.54, 1.807) is 11.1 Å². The van der Waals surface area contributed by atoms with E-state index in [-0.39, 0.29) is 18.4 Å². The predicted octanol–water partition coefficient (Wildman–Crippen LogP) is 3.00. The number of hydrogen-bond donors (Lipinski definition) is 2. The van der Waals surface area contributed by atoms with Gasteiger partial charge in [-0.05, 0) is 55.7 Å². The van der Waals surface area contributed by atoms with Crippen LogP contribution in [0.5, 0.6) is 0 Å². The van der Waals surface area contributed by atoms with E-state index in [9.17, 15) is 9.59 Å². The second-order valence-corrected chi connectivity index (χ2v) is 6.29. The number of aromatic nitrogens is 1. The highest BCUT2D eigenvalue weighted by Crippen LogP contribution is 2.26. The molecule has 25 heavy (non-hydrogen) atoms. The number of carbonyl (C=O) groups excluding carboxylic acids is 2. The smallest absolute Gasteiger partial charge is 0.244 e. The van der Waals surface area contributed by atoms with E-state index in [0.717, 1.165) is 34.7 Å². The molecular weight excluding hydrogens is 316 g/mol. The van der Waals surface area contributed by atoms with Crippen LogP contribution in [-0.2, 0) is 9.59 Å². The lowest BCUT2D eigenvalue weighted by Crippen LogP contribution is -2.34. The summed E-state index contributed by atoms with van der Waals surface area (Å²) in [6, 6.07) is 9.62. The Morgan fingerprint density at radius 2 is 2.00 bits per heavy atom. The molecule has 2 amide bonds. The van der Waals surface area contributed by atoms with Crippen LogP contribution in [0.25, 0.3) is 0 Å². The van der Waals surface area contributed by atoms with Crippen molar-refractivity contribution in [3.63, 3.8) is 0 Å². The first-order valence-electron chi connectivity index (χ1n) is 8.40. The molecule has 6 heteroatoms. The van der Waals surface area contributed by atoms with Gasteiger partial charge in [0.2, 0.25) is 11.8 Å². The van der Waals surface area contributed by atoms with Crippen molar-refractivity contribution in [2.75, 3.05) is 23.7 Å². The quantitative estimate of drug-likeness (QED) is 0.879. The lowest BCUT2D eigenvalue weighted by molar-refractivity contribution is -0.131. The van der Waals surface area contributed by atoms with Crippen molar-refractivity contribution in [3.05, 3.63) is 47.7 Å². The van der Waals surface area contributed by atoms with Crippen LogP contribution < -0.4 is 10.6 Å². The van der Waals surface area contributed by atoms with Gasteiger partial charge >= 0.3 is 0 Å². The highest BCUT2D eigenvalue weighted by atomic mass is 16.2. The van der Waals surface area contributed by atoms with Gasteiger partial charge in [0, 0.05) is 30.5 Å². The number of amides is 2. The van der Waals surface area contributed by atoms with Crippen molar-refractivity contribution in [3.8, 4) is 0 Å². The summed E-state index contributed by atoms with van der Waals surface area (Å²) in [5.74, 6) is 0.663. The van der Waals surface area contributed by atoms with Gasteiger partial charge in [0.1, 0.15) is 5.82 Å². The van der Waals surface area contributed by atoms with Crippen LogP contribution in [0.3, 0.4) is 0 Å². The molecule has 0 saturated carbocycles. The van der Waals surface area contributed by atoms with Crippen LogP contribution >= 0.6 is 0 Å². The van der Waals surface area contributed by atoms with Crippen LogP contribution in [0.4, 0.5) is 17.2 Å². The van der Waals surface area contributed by atoms with E-state index in [4.69, 9.17) is 0 Å². The summed E-state index contributed by atoms with van der Waals surface area (Å²) in [4.78, 5) is 29.8. The first-order valence-corrected chi connectivity index (χ1v) is 8.40. The molecule has 0 unspecified atom stereocenters. The van der Waals surface area contributed by atoms with Crippen LogP contribution in [0.1, 0.15) is 24.0 Å². The molecule has 0 atom stereocenters. The molecule has 0 aliphatic carbocycles. The Morgan fingerprint density at radius 3 is 2.60 bits per heavy atom. The van der Waals surface area contributed by atoms with Gasteiger partial charge in [-0.2, -0.15) is 0 Å². The van der Waals surface area contributed by atoms with Gasteiger partial charge in [-0.15, -0.1) is 0 Å². The molecule has 2 heterocycles. The number of pyridine rings is 1. The van der Waals surface area contributed by atoms with Gasteiger partial charge in [-0.25, -0.2) is 4.98 Å². The number of rotatable bonds is 5. The largest absolute Gasteiger partial charge is 0.340 e. The standard InChI is InChI=1S/C19H22N4O2/c1-13-10-15(21-16-6-3-4-8-20-16)11-14(2)19(13)22-17(24)12-23-9-5-7-18(23)25/h3-4,6,8,10-11H,5,7,9,12H2,1-2H3,(H,20,21)(H,22,24). The van der Waals surface area contributed by atoms with Crippen molar-refractivity contribution in [2.24, 2.45) is 0 Å². The average molecular weight is 338 g/mol. The third-order valence-electron chi connectivity index (χ3n) is 4.24. The van der Waals surface area contributed by atoms with Crippen LogP contribution in [0.2, 0.25) is 0 Å². The maximum absolute atomic E-state index is 12.3. The maximum Gasteiger partial charge on any atom is 0.244 e. The van der Waals surface area contributed by atoms with Gasteiger partial charge in [-0.1, -0.05) is 6.07 Å². The molecule has 0 radical (unpaired) electrons. The lowest BCUT2D eigenvalue weighted by Gasteiger charge is -2.18. The molecule has 1 saturated heterocycles. The van der Waals surface area contributed by atoms with Gasteiger partial charge in [0.05, 0.1) is 6.54 Å². The van der Waals surface area contributed by atoms with Crippen molar-refractivity contribution in [1.29, 1.82) is 0 Å². The van der Waals surface area contributed by atoms with E-state index >= 15 is 0 Å². The molecule has 1 aliphatic rings. The van der Waals surface area contributed by atoms with Gasteiger partial charge in [-0.3, -0.25) is 9.59 Å². The third-order valence-corrected chi connectivity index (χ3v) is 4.24. The fourth-order valence-electron chi connectivity index (χ4n) is 3.04. The van der Waals surface area contributed by atoms with Crippen LogP contribution in [0.15, 0.2) is 36.5 Å². The van der Waals surface area contributed by atoms with Gasteiger partial charge in [0.15, 0.2) is 0 Å². The molecule has 2 N–H and O–H groups in total. The van der Waals surface area contributed by atoms with E-state index in [1.165, 1.54) is 0 Å². The molecule has 0 spiro atoms. The monoisotopic (exact) mass is 338 g/mol. The lowest BCUT2D eigenvalue weighted by atomic mass is 10.1. The van der Waals surface area contributed by atoms with E-state index in [0.29, 0.717) is 13.0 Å². The first-order chi connectivity index (χ1) is 12.0. The van der Waals surface area contributed by atoms with Gasteiger partial charge in [0.25, 0.3) is 0 Å². The number of hydrogen-bond acceptors (Lipinski definition) is 4. The summed E-state index contributed by atoms with van der Waals surface area (Å²) < 4.78 is 0. The summed E-state index contributed by atoms with van der Waals surface area (Å²) in [5.41, 5.74) is 3.63. The Labute approximate surface area is 147 Å². The normalized spacial score (nSPS) is 13.8. The molecule has 3 rings (SSSR count). The topological polar surface area (TPSA) is 74.3 Å². The number of nitrogens with zero attached hydrogens (tertiary/aromatic N) is 2. The third kappa shape index (κ3) is 4.15. The molecule has 2 aromatic rings. The van der Waals surface area contributed by atoms with Crippen molar-refractivity contribution >= 4 is 29.0 Å². The molecule has 1 fully saturated rings. The van der Waals surface area contributed by atoms with Crippen LogP contribution in [-0.4, -0.2) is 34.8 Å². The van der Waals surface area contributed by atoms with Crippen LogP contribution in [0, 0.1) is 13.8 Å². The second-order valence-electron chi connectivity index (χ2n) is 6.29. The molecule has 130 valence electrons. The molecule has 1 aliphatic heterocycles. The van der Waals surface area contributed by atoms with E-state index in [2.05, 4.69) is 15.6 Å². The SMILES string of the molecule is Cc1cc(Nc2ccccn2)cc(C)c1NC(=O)CN1CCCC1=O. The highest BCUT2D eigenvalue weighted by molar-refractivity contribution is 5.96. The Kier molecular flexibility index (Phi) is 4.97. The molecule has 6 nitrogen and oxygen atoms in total. The predicted molar refractivity (Wildman–Crippen MR) is 97.9 cm³/mol. The van der Waals surface area contributed by atoms with Crippen molar-refractivity contribution < 1.29 is 9.59 Å². The van der Waals surface area contributed by atoms with Gasteiger partial charge < -0.3 is 15.5 Å². The fraction of sp³-hybridized carbons (Fsp3) is 0.316. The molecular formula is C19H22N4O2. The van der Waals surface area contributed by atoms with E-state index < -0.39 is 0 Å². The van der Waals surface area contributed by atoms with Crippen molar-refractivity contribution in [1.82, 2.24) is 9.88 Å². The zero-order valence-corrected chi connectivity index (χ0v) is 14.5. The minimum atomic E-state index is -0.160. The average Bonchev–Trinajstić information content (AvgIpc) is 2.97. The minimum absolute atomic E-state index is 0.0542. The Balaban J connectivity index is 1.69. The number of nitrogens with one attached hydrogen (secondary N) is 2. The first kappa shape index (κ1) is 17.0. The summed E-state index contributed by atoms with van der Waals surface area (Å²) >= 11 is 0. The number of aryl methyl sites for hydroxylation is 2. The Morgan fingerprint density at radius 1 is 1.24 bits per heavy atom. The zero-order chi connectivity index (χ0) is 17.8. The highest BCUT2D eigenvalue weighted by Gasteiger charge is 2.22.